The summed E-state index contributed by atoms with van der Waals surface area (Å²) in [7, 11) is 0. The summed E-state index contributed by atoms with van der Waals surface area (Å²) >= 11 is 0. The number of nitrogens with zero attached hydrogens (tertiary/aromatic N) is 1. The van der Waals surface area contributed by atoms with Gasteiger partial charge in [0, 0.05) is 12.5 Å². The number of carbonyl (C=O) groups excluding carboxylic acids is 2. The predicted molar refractivity (Wildman–Crippen MR) is 67.3 cm³/mol. The second-order valence-corrected chi connectivity index (χ2v) is 5.05. The molecule has 0 aromatic heterocycles. The van der Waals surface area contributed by atoms with Crippen molar-refractivity contribution in [2.75, 3.05) is 13.2 Å². The number of hydrogen-bond donors (Lipinski definition) is 2. The first-order chi connectivity index (χ1) is 9.05. The van der Waals surface area contributed by atoms with E-state index in [0.29, 0.717) is 19.4 Å². The molecule has 3 unspecified atom stereocenters. The van der Waals surface area contributed by atoms with Crippen LogP contribution < -0.4 is 5.32 Å². The molecule has 0 bridgehead atoms. The maximum atomic E-state index is 12.1. The Labute approximate surface area is 112 Å². The van der Waals surface area contributed by atoms with E-state index >= 15 is 0 Å². The van der Waals surface area contributed by atoms with Gasteiger partial charge in [-0.05, 0) is 26.2 Å². The molecule has 1 aliphatic carbocycles. The average molecular weight is 268 g/mol. The predicted octanol–water partition coefficient (Wildman–Crippen LogP) is 0.464. The highest BCUT2D eigenvalue weighted by Gasteiger charge is 2.61. The summed E-state index contributed by atoms with van der Waals surface area (Å²) in [6.07, 6.45) is 3.54. The van der Waals surface area contributed by atoms with E-state index in [2.05, 4.69) is 11.9 Å². The van der Waals surface area contributed by atoms with E-state index in [-0.39, 0.29) is 18.4 Å². The molecule has 2 rings (SSSR count). The van der Waals surface area contributed by atoms with Crippen molar-refractivity contribution in [3.8, 4) is 0 Å². The van der Waals surface area contributed by atoms with Gasteiger partial charge < -0.3 is 15.3 Å². The summed E-state index contributed by atoms with van der Waals surface area (Å²) in [6.45, 7) is 6.14. The maximum Gasteiger partial charge on any atom is 0.332 e. The number of hydroxylamine groups is 2. The third kappa shape index (κ3) is 2.50. The summed E-state index contributed by atoms with van der Waals surface area (Å²) in [4.78, 5) is 24.1. The minimum atomic E-state index is -0.974. The van der Waals surface area contributed by atoms with Gasteiger partial charge in [-0.1, -0.05) is 6.08 Å². The molecule has 106 valence electrons. The molecule has 2 fully saturated rings. The number of hydrogen-bond acceptors (Lipinski definition) is 5. The molecule has 1 aliphatic heterocycles. The van der Waals surface area contributed by atoms with Crippen LogP contribution in [0, 0.1) is 5.92 Å². The molecule has 0 radical (unpaired) electrons. The molecule has 1 saturated heterocycles. The summed E-state index contributed by atoms with van der Waals surface area (Å²) in [5.41, 5.74) is -0.974. The van der Waals surface area contributed by atoms with Crippen LogP contribution in [0.2, 0.25) is 0 Å². The zero-order chi connectivity index (χ0) is 14.0. The molecule has 0 aromatic rings. The lowest BCUT2D eigenvalue weighted by Gasteiger charge is -2.22. The van der Waals surface area contributed by atoms with Crippen molar-refractivity contribution in [3.63, 3.8) is 0 Å². The van der Waals surface area contributed by atoms with Crippen LogP contribution >= 0.6 is 0 Å². The van der Waals surface area contributed by atoms with E-state index in [1.54, 1.807) is 13.0 Å². The van der Waals surface area contributed by atoms with Gasteiger partial charge >= 0.3 is 5.97 Å². The molecule has 6 heteroatoms. The van der Waals surface area contributed by atoms with Crippen LogP contribution in [-0.2, 0) is 14.3 Å². The van der Waals surface area contributed by atoms with Gasteiger partial charge in [0.1, 0.15) is 11.6 Å². The van der Waals surface area contributed by atoms with E-state index in [9.17, 15) is 14.8 Å². The Morgan fingerprint density at radius 2 is 2.37 bits per heavy atom. The number of esters is 1. The number of nitrogens with one attached hydrogen (secondary N) is 1. The summed E-state index contributed by atoms with van der Waals surface area (Å²) < 4.78 is 5.01. The van der Waals surface area contributed by atoms with Crippen molar-refractivity contribution in [3.05, 3.63) is 12.7 Å². The number of rotatable bonds is 5. The van der Waals surface area contributed by atoms with Crippen LogP contribution in [0.5, 0.6) is 0 Å². The van der Waals surface area contributed by atoms with Crippen molar-refractivity contribution in [1.82, 2.24) is 10.4 Å². The smallest absolute Gasteiger partial charge is 0.332 e. The SMILES string of the molecule is C=CC1CC1(NC(=O)C1CCCN1O)C(=O)OCC. The molecule has 1 saturated carbocycles. The van der Waals surface area contributed by atoms with Crippen molar-refractivity contribution in [1.29, 1.82) is 0 Å². The van der Waals surface area contributed by atoms with Crippen LogP contribution in [0.15, 0.2) is 12.7 Å². The van der Waals surface area contributed by atoms with Gasteiger partial charge in [-0.2, -0.15) is 5.06 Å². The fourth-order valence-electron chi connectivity index (χ4n) is 2.58. The van der Waals surface area contributed by atoms with E-state index in [1.807, 2.05) is 0 Å². The normalized spacial score (nSPS) is 33.8. The first-order valence-corrected chi connectivity index (χ1v) is 6.62. The fourth-order valence-corrected chi connectivity index (χ4v) is 2.58. The molecule has 2 aliphatic rings. The van der Waals surface area contributed by atoms with Crippen molar-refractivity contribution < 1.29 is 19.5 Å². The topological polar surface area (TPSA) is 78.9 Å². The van der Waals surface area contributed by atoms with Crippen molar-refractivity contribution >= 4 is 11.9 Å². The van der Waals surface area contributed by atoms with E-state index in [0.717, 1.165) is 11.5 Å². The molecule has 2 N–H and O–H groups in total. The standard InChI is InChI=1S/C13H20N2O4/c1-3-9-8-13(9,12(17)19-4-2)14-11(16)10-6-5-7-15(10)18/h3,9-10,18H,1,4-8H2,2H3,(H,14,16). The second-order valence-electron chi connectivity index (χ2n) is 5.05. The Morgan fingerprint density at radius 1 is 1.63 bits per heavy atom. The van der Waals surface area contributed by atoms with E-state index < -0.39 is 17.6 Å². The highest BCUT2D eigenvalue weighted by Crippen LogP contribution is 2.45. The Hall–Kier alpha value is -1.40. The second kappa shape index (κ2) is 5.30. The third-order valence-electron chi connectivity index (χ3n) is 3.81. The molecule has 1 heterocycles. The summed E-state index contributed by atoms with van der Waals surface area (Å²) in [5, 5.41) is 13.3. The van der Waals surface area contributed by atoms with Crippen LogP contribution in [-0.4, -0.2) is 46.9 Å². The third-order valence-corrected chi connectivity index (χ3v) is 3.81. The Kier molecular flexibility index (Phi) is 3.91. The minimum Gasteiger partial charge on any atom is -0.464 e. The van der Waals surface area contributed by atoms with Crippen molar-refractivity contribution in [2.45, 2.75) is 37.8 Å². The molecular formula is C13H20N2O4. The number of carbonyl (C=O) groups is 2. The van der Waals surface area contributed by atoms with E-state index in [4.69, 9.17) is 4.74 Å². The molecule has 1 amide bonds. The van der Waals surface area contributed by atoms with Gasteiger partial charge in [-0.3, -0.25) is 4.79 Å². The largest absolute Gasteiger partial charge is 0.464 e. The minimum absolute atomic E-state index is 0.0935. The first kappa shape index (κ1) is 14.0. The molecule has 6 nitrogen and oxygen atoms in total. The van der Waals surface area contributed by atoms with Crippen LogP contribution in [0.3, 0.4) is 0 Å². The Morgan fingerprint density at radius 3 is 2.84 bits per heavy atom. The van der Waals surface area contributed by atoms with Gasteiger partial charge in [0.25, 0.3) is 0 Å². The number of amides is 1. The maximum absolute atomic E-state index is 12.1. The highest BCUT2D eigenvalue weighted by atomic mass is 16.5. The fraction of sp³-hybridized carbons (Fsp3) is 0.692. The van der Waals surface area contributed by atoms with E-state index in [1.165, 1.54) is 0 Å². The molecule has 0 aromatic carbocycles. The monoisotopic (exact) mass is 268 g/mol. The van der Waals surface area contributed by atoms with Crippen LogP contribution in [0.1, 0.15) is 26.2 Å². The van der Waals surface area contributed by atoms with Gasteiger partial charge in [0.2, 0.25) is 5.91 Å². The molecule has 3 atom stereocenters. The number of ether oxygens (including phenoxy) is 1. The molecule has 0 spiro atoms. The van der Waals surface area contributed by atoms with Gasteiger partial charge in [-0.25, -0.2) is 4.79 Å². The Bertz CT molecular complexity index is 398. The van der Waals surface area contributed by atoms with Gasteiger partial charge in [-0.15, -0.1) is 6.58 Å². The lowest BCUT2D eigenvalue weighted by molar-refractivity contribution is -0.154. The zero-order valence-electron chi connectivity index (χ0n) is 11.1. The lowest BCUT2D eigenvalue weighted by Crippen LogP contribution is -2.51. The average Bonchev–Trinajstić information content (AvgIpc) is 2.93. The lowest BCUT2D eigenvalue weighted by atomic mass is 10.1. The van der Waals surface area contributed by atoms with Crippen molar-refractivity contribution in [2.24, 2.45) is 5.92 Å². The Balaban J connectivity index is 2.04. The highest BCUT2D eigenvalue weighted by molar-refractivity contribution is 5.93. The zero-order valence-corrected chi connectivity index (χ0v) is 11.1. The molecular weight excluding hydrogens is 248 g/mol. The van der Waals surface area contributed by atoms with Crippen LogP contribution in [0.4, 0.5) is 0 Å². The van der Waals surface area contributed by atoms with Gasteiger partial charge in [0.15, 0.2) is 0 Å². The molecule has 19 heavy (non-hydrogen) atoms. The quantitative estimate of drug-likeness (QED) is 0.559. The summed E-state index contributed by atoms with van der Waals surface area (Å²) in [6, 6.07) is -0.572. The first-order valence-electron chi connectivity index (χ1n) is 6.62. The van der Waals surface area contributed by atoms with Gasteiger partial charge in [0.05, 0.1) is 6.61 Å². The summed E-state index contributed by atoms with van der Waals surface area (Å²) in [5.74, 6) is -0.836. The van der Waals surface area contributed by atoms with Crippen LogP contribution in [0.25, 0.3) is 0 Å².